The molecule has 2 aromatic rings. The Hall–Kier alpha value is -3.02. The Balaban J connectivity index is 1.55. The van der Waals surface area contributed by atoms with Crippen LogP contribution < -0.4 is 15.0 Å². The van der Waals surface area contributed by atoms with E-state index >= 15 is 0 Å². The van der Waals surface area contributed by atoms with Crippen molar-refractivity contribution in [3.05, 3.63) is 53.6 Å². The van der Waals surface area contributed by atoms with Crippen LogP contribution in [0.1, 0.15) is 69.9 Å². The minimum Gasteiger partial charge on any atom is -0.477 e. The third-order valence-corrected chi connectivity index (χ3v) is 6.78. The summed E-state index contributed by atoms with van der Waals surface area (Å²) in [7, 11) is 0. The number of anilines is 2. The molecule has 1 N–H and O–H groups in total. The molecule has 0 saturated carbocycles. The number of hydrogen-bond acceptors (Lipinski definition) is 4. The van der Waals surface area contributed by atoms with Gasteiger partial charge in [-0.2, -0.15) is 0 Å². The molecule has 0 spiro atoms. The number of amides is 2. The number of nitrogens with one attached hydrogen (secondary N) is 1. The van der Waals surface area contributed by atoms with E-state index in [-0.39, 0.29) is 18.4 Å². The van der Waals surface area contributed by atoms with E-state index in [0.29, 0.717) is 24.1 Å². The zero-order chi connectivity index (χ0) is 24.2. The molecule has 2 aliphatic rings. The number of nitrogens with zero attached hydrogens (tertiary/aromatic N) is 2. The molecule has 182 valence electrons. The summed E-state index contributed by atoms with van der Waals surface area (Å²) in [5, 5.41) is 3.21. The van der Waals surface area contributed by atoms with E-state index in [0.717, 1.165) is 48.4 Å². The quantitative estimate of drug-likeness (QED) is 0.643. The second-order valence-electron chi connectivity index (χ2n) is 10.0. The lowest BCUT2D eigenvalue weighted by Crippen LogP contribution is -2.52. The Morgan fingerprint density at radius 3 is 2.24 bits per heavy atom. The molecule has 0 bridgehead atoms. The van der Waals surface area contributed by atoms with Gasteiger partial charge in [-0.05, 0) is 54.4 Å². The van der Waals surface area contributed by atoms with Gasteiger partial charge < -0.3 is 19.9 Å². The molecule has 34 heavy (non-hydrogen) atoms. The second kappa shape index (κ2) is 10.5. The van der Waals surface area contributed by atoms with Crippen molar-refractivity contribution in [2.45, 2.75) is 64.9 Å². The van der Waals surface area contributed by atoms with E-state index in [1.165, 1.54) is 6.42 Å². The van der Waals surface area contributed by atoms with Gasteiger partial charge in [0.25, 0.3) is 5.91 Å². The molecule has 0 aliphatic carbocycles. The van der Waals surface area contributed by atoms with Gasteiger partial charge in [-0.3, -0.25) is 9.59 Å². The maximum Gasteiger partial charge on any atom is 0.265 e. The van der Waals surface area contributed by atoms with Gasteiger partial charge >= 0.3 is 0 Å². The minimum absolute atomic E-state index is 0.0202. The molecule has 2 amide bonds. The van der Waals surface area contributed by atoms with Crippen LogP contribution in [0.4, 0.5) is 11.4 Å². The average molecular weight is 464 g/mol. The van der Waals surface area contributed by atoms with Crippen LogP contribution in [0.15, 0.2) is 42.5 Å². The van der Waals surface area contributed by atoms with Crippen molar-refractivity contribution in [3.63, 3.8) is 0 Å². The zero-order valence-corrected chi connectivity index (χ0v) is 20.8. The lowest BCUT2D eigenvalue weighted by atomic mass is 9.92. The first-order valence-corrected chi connectivity index (χ1v) is 12.6. The van der Waals surface area contributed by atoms with Crippen molar-refractivity contribution in [1.29, 1.82) is 0 Å². The first-order valence-electron chi connectivity index (χ1n) is 12.6. The maximum atomic E-state index is 13.3. The van der Waals surface area contributed by atoms with Crippen LogP contribution in [0.3, 0.4) is 0 Å². The highest BCUT2D eigenvalue weighted by atomic mass is 16.5. The molecule has 0 radical (unpaired) electrons. The van der Waals surface area contributed by atoms with E-state index in [1.807, 2.05) is 34.1 Å². The summed E-state index contributed by atoms with van der Waals surface area (Å²) in [5.74, 6) is 1.18. The molecule has 2 aliphatic heterocycles. The molecule has 1 fully saturated rings. The van der Waals surface area contributed by atoms with Crippen molar-refractivity contribution < 1.29 is 14.3 Å². The normalized spacial score (nSPS) is 18.0. The minimum atomic E-state index is -0.602. The van der Waals surface area contributed by atoms with Crippen molar-refractivity contribution in [2.24, 2.45) is 0 Å². The fourth-order valence-electron chi connectivity index (χ4n) is 4.95. The molecule has 1 saturated heterocycles. The smallest absolute Gasteiger partial charge is 0.265 e. The summed E-state index contributed by atoms with van der Waals surface area (Å²) in [6.07, 6.45) is 2.64. The molecule has 2 heterocycles. The van der Waals surface area contributed by atoms with Crippen molar-refractivity contribution in [2.75, 3.05) is 36.4 Å². The lowest BCUT2D eigenvalue weighted by Gasteiger charge is -2.38. The fourth-order valence-corrected chi connectivity index (χ4v) is 4.95. The van der Waals surface area contributed by atoms with Crippen LogP contribution in [0, 0.1) is 0 Å². The Morgan fingerprint density at radius 2 is 1.59 bits per heavy atom. The topological polar surface area (TPSA) is 61.9 Å². The van der Waals surface area contributed by atoms with Crippen molar-refractivity contribution >= 4 is 23.2 Å². The highest BCUT2D eigenvalue weighted by Gasteiger charge is 2.34. The Bertz CT molecular complexity index is 1000. The van der Waals surface area contributed by atoms with Gasteiger partial charge in [0.1, 0.15) is 5.75 Å². The molecule has 0 aromatic heterocycles. The number of ether oxygens (including phenoxy) is 1. The number of benzene rings is 2. The van der Waals surface area contributed by atoms with Crippen LogP contribution in [0.5, 0.6) is 5.75 Å². The fraction of sp³-hybridized carbons (Fsp3) is 0.500. The molecule has 2 aromatic carbocycles. The summed E-state index contributed by atoms with van der Waals surface area (Å²) in [6.45, 7) is 10.7. The SMILES string of the molecule is CC(C)c1cccc(C(C)C)c1NC(=O)CN1CC(C(=O)N2CCCCC2)Oc2ccccc21. The number of piperidine rings is 1. The highest BCUT2D eigenvalue weighted by Crippen LogP contribution is 2.35. The summed E-state index contributed by atoms with van der Waals surface area (Å²) in [5.41, 5.74) is 4.04. The average Bonchev–Trinajstić information content (AvgIpc) is 2.83. The second-order valence-corrected chi connectivity index (χ2v) is 10.0. The summed E-state index contributed by atoms with van der Waals surface area (Å²) >= 11 is 0. The zero-order valence-electron chi connectivity index (χ0n) is 20.8. The number of rotatable bonds is 6. The first-order chi connectivity index (χ1) is 16.3. The van der Waals surface area contributed by atoms with Crippen LogP contribution in [-0.4, -0.2) is 49.0 Å². The predicted octanol–water partition coefficient (Wildman–Crippen LogP) is 5.15. The number of fused-ring (bicyclic) bond motifs is 1. The monoisotopic (exact) mass is 463 g/mol. The molecule has 6 nitrogen and oxygen atoms in total. The highest BCUT2D eigenvalue weighted by molar-refractivity contribution is 5.96. The standard InChI is InChI=1S/C28H37N3O3/c1-19(2)21-11-10-12-22(20(3)4)27(21)29-26(32)18-31-17-25(28(33)30-15-8-5-9-16-30)34-24-14-7-6-13-23(24)31/h6-7,10-14,19-20,25H,5,8-9,15-18H2,1-4H3,(H,29,32). The molecular weight excluding hydrogens is 426 g/mol. The van der Waals surface area contributed by atoms with Crippen LogP contribution in [0.25, 0.3) is 0 Å². The van der Waals surface area contributed by atoms with Gasteiger partial charge in [0.2, 0.25) is 5.91 Å². The van der Waals surface area contributed by atoms with E-state index in [9.17, 15) is 9.59 Å². The van der Waals surface area contributed by atoms with E-state index < -0.39 is 6.10 Å². The van der Waals surface area contributed by atoms with E-state index in [1.54, 1.807) is 0 Å². The molecule has 1 unspecified atom stereocenters. The van der Waals surface area contributed by atoms with E-state index in [4.69, 9.17) is 4.74 Å². The van der Waals surface area contributed by atoms with Gasteiger partial charge in [-0.25, -0.2) is 0 Å². The lowest BCUT2D eigenvalue weighted by molar-refractivity contribution is -0.139. The summed E-state index contributed by atoms with van der Waals surface area (Å²) < 4.78 is 6.11. The van der Waals surface area contributed by atoms with Gasteiger partial charge in [0, 0.05) is 18.8 Å². The number of carbonyl (C=O) groups excluding carboxylic acids is 2. The molecule has 1 atom stereocenters. The molecular formula is C28H37N3O3. The van der Waals surface area contributed by atoms with E-state index in [2.05, 4.69) is 51.2 Å². The van der Waals surface area contributed by atoms with Crippen molar-refractivity contribution in [1.82, 2.24) is 4.90 Å². The van der Waals surface area contributed by atoms with Gasteiger partial charge in [0.15, 0.2) is 6.10 Å². The Labute approximate surface area is 203 Å². The van der Waals surface area contributed by atoms with Crippen LogP contribution >= 0.6 is 0 Å². The first kappa shape index (κ1) is 24.1. The van der Waals surface area contributed by atoms with Gasteiger partial charge in [-0.1, -0.05) is 58.0 Å². The molecule has 4 rings (SSSR count). The van der Waals surface area contributed by atoms with Gasteiger partial charge in [0.05, 0.1) is 18.8 Å². The Kier molecular flexibility index (Phi) is 7.44. The Morgan fingerprint density at radius 1 is 0.941 bits per heavy atom. The van der Waals surface area contributed by atoms with Crippen molar-refractivity contribution in [3.8, 4) is 5.75 Å². The third kappa shape index (κ3) is 5.21. The molecule has 6 heteroatoms. The predicted molar refractivity (Wildman–Crippen MR) is 137 cm³/mol. The van der Waals surface area contributed by atoms with Gasteiger partial charge in [-0.15, -0.1) is 0 Å². The van der Waals surface area contributed by atoms with Crippen LogP contribution in [-0.2, 0) is 9.59 Å². The third-order valence-electron chi connectivity index (χ3n) is 6.78. The van der Waals surface area contributed by atoms with Crippen LogP contribution in [0.2, 0.25) is 0 Å². The maximum absolute atomic E-state index is 13.3. The number of hydrogen-bond donors (Lipinski definition) is 1. The number of carbonyl (C=O) groups is 2. The summed E-state index contributed by atoms with van der Waals surface area (Å²) in [4.78, 5) is 30.4. The number of likely N-dealkylation sites (tertiary alicyclic amines) is 1. The summed E-state index contributed by atoms with van der Waals surface area (Å²) in [6, 6.07) is 13.9. The number of para-hydroxylation sites is 3. The largest absolute Gasteiger partial charge is 0.477 e.